The first kappa shape index (κ1) is 16.2. The van der Waals surface area contributed by atoms with E-state index in [1.54, 1.807) is 6.08 Å². The molecule has 0 bridgehead atoms. The van der Waals surface area contributed by atoms with Gasteiger partial charge in [-0.3, -0.25) is 4.90 Å². The minimum absolute atomic E-state index is 0.120. The summed E-state index contributed by atoms with van der Waals surface area (Å²) >= 11 is 0. The lowest BCUT2D eigenvalue weighted by atomic mass is 9.87. The van der Waals surface area contributed by atoms with Gasteiger partial charge in [-0.2, -0.15) is 0 Å². The molecular weight excluding hydrogens is 310 g/mol. The number of carbonyl (C=O) groups excluding carboxylic acids is 1. The Labute approximate surface area is 149 Å². The average molecular weight is 333 g/mol. The van der Waals surface area contributed by atoms with E-state index in [-0.39, 0.29) is 12.1 Å². The van der Waals surface area contributed by atoms with E-state index < -0.39 is 0 Å². The third-order valence-electron chi connectivity index (χ3n) is 5.22. The van der Waals surface area contributed by atoms with Crippen LogP contribution >= 0.6 is 0 Å². The summed E-state index contributed by atoms with van der Waals surface area (Å²) in [6.07, 6.45) is 9.18. The van der Waals surface area contributed by atoms with Crippen LogP contribution < -0.4 is 0 Å². The van der Waals surface area contributed by atoms with E-state index in [0.29, 0.717) is 6.04 Å². The molecule has 3 aliphatic rings. The summed E-state index contributed by atoms with van der Waals surface area (Å²) in [4.78, 5) is 14.3. The maximum absolute atomic E-state index is 11.7. The maximum atomic E-state index is 11.7. The summed E-state index contributed by atoms with van der Waals surface area (Å²) in [6.45, 7) is 2.26. The highest BCUT2D eigenvalue weighted by atomic mass is 16.5. The predicted octanol–water partition coefficient (Wildman–Crippen LogP) is 3.27. The highest BCUT2D eigenvalue weighted by Crippen LogP contribution is 2.33. The van der Waals surface area contributed by atoms with Crippen LogP contribution in [0.3, 0.4) is 0 Å². The van der Waals surface area contributed by atoms with Crippen LogP contribution in [0, 0.1) is 11.8 Å². The van der Waals surface area contributed by atoms with Gasteiger partial charge in [0, 0.05) is 36.1 Å². The minimum atomic E-state index is -0.227. The normalized spacial score (nSPS) is 26.0. The van der Waals surface area contributed by atoms with Crippen molar-refractivity contribution in [1.29, 1.82) is 0 Å². The molecule has 25 heavy (non-hydrogen) atoms. The van der Waals surface area contributed by atoms with E-state index in [0.717, 1.165) is 37.1 Å². The van der Waals surface area contributed by atoms with Gasteiger partial charge in [-0.05, 0) is 31.5 Å². The Balaban J connectivity index is 1.56. The number of hydrogen-bond donors (Lipinski definition) is 0. The van der Waals surface area contributed by atoms with Gasteiger partial charge in [0.1, 0.15) is 6.10 Å². The second kappa shape index (κ2) is 7.29. The van der Waals surface area contributed by atoms with E-state index in [2.05, 4.69) is 34.9 Å². The van der Waals surface area contributed by atoms with Crippen molar-refractivity contribution in [2.24, 2.45) is 0 Å². The Morgan fingerprint density at radius 2 is 1.92 bits per heavy atom. The summed E-state index contributed by atoms with van der Waals surface area (Å²) in [7, 11) is 0. The lowest BCUT2D eigenvalue weighted by Crippen LogP contribution is -2.42. The van der Waals surface area contributed by atoms with Crippen molar-refractivity contribution in [2.45, 2.75) is 44.2 Å². The van der Waals surface area contributed by atoms with Gasteiger partial charge in [-0.1, -0.05) is 54.7 Å². The molecule has 2 atom stereocenters. The Hall–Kier alpha value is -2.31. The molecule has 1 fully saturated rings. The topological polar surface area (TPSA) is 29.5 Å². The molecule has 1 aromatic carbocycles. The van der Waals surface area contributed by atoms with Crippen LogP contribution in [0.5, 0.6) is 0 Å². The zero-order chi connectivity index (χ0) is 17.1. The molecule has 128 valence electrons. The molecule has 1 saturated heterocycles. The van der Waals surface area contributed by atoms with Gasteiger partial charge in [0.2, 0.25) is 0 Å². The number of hydrogen-bond acceptors (Lipinski definition) is 3. The first-order valence-electron chi connectivity index (χ1n) is 9.21. The molecule has 0 spiro atoms. The van der Waals surface area contributed by atoms with Gasteiger partial charge in [0.05, 0.1) is 0 Å². The second-order valence-electron chi connectivity index (χ2n) is 6.97. The molecule has 2 unspecified atom stereocenters. The van der Waals surface area contributed by atoms with E-state index >= 15 is 0 Å². The number of ether oxygens (including phenoxy) is 1. The van der Waals surface area contributed by atoms with Gasteiger partial charge in [0.25, 0.3) is 0 Å². The molecule has 0 amide bonds. The molecule has 0 N–H and O–H groups in total. The van der Waals surface area contributed by atoms with Gasteiger partial charge in [-0.25, -0.2) is 4.79 Å². The molecule has 2 heterocycles. The van der Waals surface area contributed by atoms with Crippen LogP contribution in [0.1, 0.15) is 31.2 Å². The van der Waals surface area contributed by atoms with Crippen molar-refractivity contribution in [1.82, 2.24) is 4.90 Å². The Morgan fingerprint density at radius 1 is 1.12 bits per heavy atom. The fourth-order valence-electron chi connectivity index (χ4n) is 3.92. The third kappa shape index (κ3) is 3.70. The number of carbonyl (C=O) groups is 1. The quantitative estimate of drug-likeness (QED) is 0.614. The molecule has 0 saturated carbocycles. The van der Waals surface area contributed by atoms with E-state index in [1.807, 2.05) is 18.2 Å². The Morgan fingerprint density at radius 3 is 2.72 bits per heavy atom. The van der Waals surface area contributed by atoms with Crippen molar-refractivity contribution < 1.29 is 9.53 Å². The minimum Gasteiger partial charge on any atom is -0.454 e. The third-order valence-corrected chi connectivity index (χ3v) is 5.22. The summed E-state index contributed by atoms with van der Waals surface area (Å²) in [5, 5.41) is 0. The summed E-state index contributed by atoms with van der Waals surface area (Å²) in [6, 6.07) is 10.6. The van der Waals surface area contributed by atoms with Crippen LogP contribution in [0.15, 0.2) is 53.6 Å². The highest BCUT2D eigenvalue weighted by Gasteiger charge is 2.36. The van der Waals surface area contributed by atoms with Crippen molar-refractivity contribution in [3.05, 3.63) is 59.2 Å². The zero-order valence-corrected chi connectivity index (χ0v) is 14.4. The number of benzene rings is 1. The molecule has 0 aromatic heterocycles. The van der Waals surface area contributed by atoms with Crippen LogP contribution in [-0.2, 0) is 16.0 Å². The fraction of sp³-hybridized carbons (Fsp3) is 0.409. The molecule has 3 nitrogen and oxygen atoms in total. The van der Waals surface area contributed by atoms with Gasteiger partial charge >= 0.3 is 5.97 Å². The molecule has 3 heteroatoms. The average Bonchev–Trinajstić information content (AvgIpc) is 3.03. The van der Waals surface area contributed by atoms with Crippen molar-refractivity contribution in [3.63, 3.8) is 0 Å². The fourth-order valence-corrected chi connectivity index (χ4v) is 3.92. The number of esters is 1. The van der Waals surface area contributed by atoms with Crippen molar-refractivity contribution in [2.75, 3.05) is 13.1 Å². The number of rotatable bonds is 2. The van der Waals surface area contributed by atoms with Crippen LogP contribution in [-0.4, -0.2) is 36.1 Å². The number of likely N-dealkylation sites (tertiary alicyclic amines) is 1. The summed E-state index contributed by atoms with van der Waals surface area (Å²) in [5.41, 5.74) is 3.16. The number of nitrogens with zero attached hydrogens (tertiary/aromatic N) is 1. The smallest absolute Gasteiger partial charge is 0.331 e. The van der Waals surface area contributed by atoms with E-state index in [9.17, 15) is 4.79 Å². The predicted molar refractivity (Wildman–Crippen MR) is 97.8 cm³/mol. The monoisotopic (exact) mass is 333 g/mol. The van der Waals surface area contributed by atoms with Crippen LogP contribution in [0.4, 0.5) is 0 Å². The molecule has 1 aromatic rings. The molecule has 2 aliphatic heterocycles. The van der Waals surface area contributed by atoms with Gasteiger partial charge < -0.3 is 4.74 Å². The molecule has 4 rings (SSSR count). The van der Waals surface area contributed by atoms with Crippen molar-refractivity contribution in [3.8, 4) is 11.8 Å². The van der Waals surface area contributed by atoms with Gasteiger partial charge in [0.15, 0.2) is 0 Å². The Kier molecular flexibility index (Phi) is 4.72. The largest absolute Gasteiger partial charge is 0.454 e. The lowest BCUT2D eigenvalue weighted by Gasteiger charge is -2.36. The Bertz CT molecular complexity index is 760. The number of piperidine rings is 1. The molecular formula is C22H23NO2. The lowest BCUT2D eigenvalue weighted by molar-refractivity contribution is -0.139. The SMILES string of the molecule is O=C1C=C2C(C#CCc3ccccc3)=CC(N3CCCCC3)CC2O1. The standard InChI is InChI=1S/C22H23NO2/c24-22-16-20-18(11-7-10-17-8-3-1-4-9-17)14-19(15-21(20)25-22)23-12-5-2-6-13-23/h1,3-4,8-9,14,16,19,21H,2,5-6,10,12-13,15H2. The van der Waals surface area contributed by atoms with E-state index in [1.165, 1.54) is 24.8 Å². The van der Waals surface area contributed by atoms with Crippen LogP contribution in [0.25, 0.3) is 0 Å². The number of fused-ring (bicyclic) bond motifs is 1. The maximum Gasteiger partial charge on any atom is 0.331 e. The molecule has 1 aliphatic carbocycles. The van der Waals surface area contributed by atoms with Crippen molar-refractivity contribution >= 4 is 5.97 Å². The zero-order valence-electron chi connectivity index (χ0n) is 14.4. The summed E-state index contributed by atoms with van der Waals surface area (Å²) in [5.74, 6) is 6.37. The highest BCUT2D eigenvalue weighted by molar-refractivity contribution is 5.88. The van der Waals surface area contributed by atoms with Crippen LogP contribution in [0.2, 0.25) is 0 Å². The van der Waals surface area contributed by atoms with Gasteiger partial charge in [-0.15, -0.1) is 0 Å². The summed E-state index contributed by atoms with van der Waals surface area (Å²) < 4.78 is 5.51. The first-order chi connectivity index (χ1) is 12.3. The molecule has 0 radical (unpaired) electrons. The second-order valence-corrected chi connectivity index (χ2v) is 6.97. The first-order valence-corrected chi connectivity index (χ1v) is 9.21. The van der Waals surface area contributed by atoms with E-state index in [4.69, 9.17) is 4.74 Å².